The van der Waals surface area contributed by atoms with Crippen LogP contribution in [0.15, 0.2) is 86.0 Å². The molecule has 8 N–H and O–H groups in total. The number of hydrogen-bond acceptors (Lipinski definition) is 22. The predicted octanol–water partition coefficient (Wildman–Crippen LogP) is 8.23. The maximum atomic E-state index is 14.7. The van der Waals surface area contributed by atoms with Crippen molar-refractivity contribution < 1.29 is 82.9 Å². The third-order valence-corrected chi connectivity index (χ3v) is 24.2. The van der Waals surface area contributed by atoms with E-state index in [1.165, 1.54) is 82.6 Å². The summed E-state index contributed by atoms with van der Waals surface area (Å²) in [7, 11) is -7.85. The SMILES string of the molecule is C=C[C@@H]1C[C@]1(NC(=O)[C@@H]1C[C@@H](Oc2cc(Cl)nc(Cl)n2)CN1C(=O)[C@@H](NC(=O)OC1CCCC1)C(C)(C)C)C(=O)NS(=O)(=O)C1CC1.C=C[C@@H]1C[C@]1(NC(=O)[C@@H]1C[C@@H](Oc2cc(Nc3ccc(F)cc3)nc(Nc3ccc(F)cc3)n2)CN1C(=O)[C@@H](NC(=O)OC1CCCC1)C(C)(C)C)C(=O)NS(=O)(=O)C1CC1. The Morgan fingerprint density at radius 3 is 1.32 bits per heavy atom. The molecule has 108 heavy (non-hydrogen) atoms. The molecule has 30 nitrogen and oxygen atoms in total. The summed E-state index contributed by atoms with van der Waals surface area (Å²) in [6.07, 6.45) is 7.73. The molecule has 4 heterocycles. The molecule has 0 unspecified atom stereocenters. The van der Waals surface area contributed by atoms with Crippen molar-refractivity contribution in [1.29, 1.82) is 0 Å². The normalized spacial score (nSPS) is 24.6. The van der Waals surface area contributed by atoms with E-state index in [1.807, 2.05) is 0 Å². The van der Waals surface area contributed by atoms with Gasteiger partial charge in [0.2, 0.25) is 66.7 Å². The molecule has 10 atom stereocenters. The van der Waals surface area contributed by atoms with Gasteiger partial charge in [-0.3, -0.25) is 38.2 Å². The van der Waals surface area contributed by atoms with Gasteiger partial charge in [-0.15, -0.1) is 13.2 Å². The summed E-state index contributed by atoms with van der Waals surface area (Å²) in [5, 5.41) is 15.5. The maximum absolute atomic E-state index is 14.7. The highest BCUT2D eigenvalue weighted by molar-refractivity contribution is 7.91. The molecule has 2 aromatic heterocycles. The number of likely N-dealkylation sites (tertiary alicyclic amines) is 2. The van der Waals surface area contributed by atoms with Crippen molar-refractivity contribution >= 4 is 114 Å². The van der Waals surface area contributed by atoms with E-state index in [1.54, 1.807) is 41.5 Å². The van der Waals surface area contributed by atoms with Gasteiger partial charge in [0, 0.05) is 48.2 Å². The Kier molecular flexibility index (Phi) is 23.9. The van der Waals surface area contributed by atoms with E-state index in [0.29, 0.717) is 49.9 Å². The van der Waals surface area contributed by atoms with Crippen LogP contribution < -0.4 is 50.8 Å². The van der Waals surface area contributed by atoms with Crippen molar-refractivity contribution in [2.45, 2.75) is 214 Å². The number of benzene rings is 2. The Balaban J connectivity index is 0.000000222. The minimum atomic E-state index is -3.96. The van der Waals surface area contributed by atoms with Gasteiger partial charge >= 0.3 is 12.2 Å². The molecule has 6 saturated carbocycles. The third-order valence-electron chi connectivity index (χ3n) is 20.2. The fourth-order valence-corrected chi connectivity index (χ4v) is 16.9. The zero-order valence-electron chi connectivity index (χ0n) is 60.5. The van der Waals surface area contributed by atoms with Crippen LogP contribution in [0.5, 0.6) is 11.8 Å². The largest absolute Gasteiger partial charge is 0.472 e. The van der Waals surface area contributed by atoms with Gasteiger partial charge in [0.15, 0.2) is 0 Å². The highest BCUT2D eigenvalue weighted by atomic mass is 35.5. The Bertz CT molecular complexity index is 4270. The van der Waals surface area contributed by atoms with Crippen molar-refractivity contribution in [1.82, 2.24) is 60.4 Å². The zero-order chi connectivity index (χ0) is 78.0. The number of sulfonamides is 2. The first kappa shape index (κ1) is 80.0. The van der Waals surface area contributed by atoms with E-state index >= 15 is 0 Å². The van der Waals surface area contributed by atoms with Crippen LogP contribution in [0, 0.1) is 34.3 Å². The third kappa shape index (κ3) is 19.7. The lowest BCUT2D eigenvalue weighted by molar-refractivity contribution is -0.143. The Labute approximate surface area is 634 Å². The number of carbonyl (C=O) groups excluding carboxylic acids is 8. The summed E-state index contributed by atoms with van der Waals surface area (Å²) < 4.78 is 106. The van der Waals surface area contributed by atoms with E-state index in [4.69, 9.17) is 42.1 Å². The Morgan fingerprint density at radius 2 is 0.954 bits per heavy atom. The van der Waals surface area contributed by atoms with Crippen LogP contribution in [0.1, 0.15) is 144 Å². The number of aromatic nitrogens is 4. The lowest BCUT2D eigenvalue weighted by atomic mass is 9.85. The van der Waals surface area contributed by atoms with Crippen molar-refractivity contribution in [2.75, 3.05) is 23.7 Å². The minimum Gasteiger partial charge on any atom is -0.472 e. The lowest BCUT2D eigenvalue weighted by Crippen LogP contribution is -2.60. The molecule has 4 aromatic rings. The number of nitrogens with one attached hydrogen (secondary N) is 8. The monoisotopic (exact) mass is 1580 g/mol. The topological polar surface area (TPSA) is 396 Å². The molecule has 2 aliphatic heterocycles. The van der Waals surface area contributed by atoms with Crippen molar-refractivity contribution in [3.63, 3.8) is 0 Å². The standard InChI is InChI=1S/C42H50F2N8O8S.C30H40Cl2N6O8S/c1-5-24-22-42(24,38(55)51-61(57,58)31-18-19-31)50-36(53)32-20-30(23-52(32)37(54)35(41(2,3)4)49-40(56)60-29-8-6-7-9-29)59-34-21-33(45-27-14-10-25(43)11-15-27)47-39(48-34)46-28-16-12-26(44)13-17-28;1-5-16-14-30(16,26(41)37-47(43,44)19-10-11-19)36-24(39)20-12-18(45-22-13-21(31)33-27(32)34-22)15-38(20)25(40)23(29(2,3)4)35-28(42)46-17-8-6-7-9-17/h5,10-17,21,24,29-32,35H,1,6-9,18-20,22-23H2,2-4H3,(H,49,56)(H,50,53)(H,51,55)(H2,45,46,47,48);5,13,16-20,23H,1,6-12,14-15H2,2-4H3,(H,35,42)(H,36,39)(H,37,41)/t24-,30-,32+,35-,42-;16-,18-,20+,23-,30-/m11/s1. The van der Waals surface area contributed by atoms with Gasteiger partial charge in [0.1, 0.15) is 82.3 Å². The van der Waals surface area contributed by atoms with Crippen molar-refractivity contribution in [3.05, 3.63) is 108 Å². The second-order valence-corrected chi connectivity index (χ2v) is 35.5. The Hall–Kier alpha value is -9.02. The minimum absolute atomic E-state index is 0.00311. The summed E-state index contributed by atoms with van der Waals surface area (Å²) in [4.78, 5) is 130. The summed E-state index contributed by atoms with van der Waals surface area (Å²) >= 11 is 12.0. The van der Waals surface area contributed by atoms with Crippen molar-refractivity contribution in [3.8, 4) is 11.8 Å². The highest BCUT2D eigenvalue weighted by Crippen LogP contribution is 2.47. The molecule has 2 saturated heterocycles. The van der Waals surface area contributed by atoms with Crippen LogP contribution in [0.2, 0.25) is 10.4 Å². The quantitative estimate of drug-likeness (QED) is 0.0167. The molecule has 584 valence electrons. The van der Waals surface area contributed by atoms with Gasteiger partial charge < -0.3 is 60.6 Å². The number of hydrogen-bond donors (Lipinski definition) is 8. The number of alkyl carbamates (subject to hydrolysis) is 2. The number of rotatable bonds is 26. The number of carbonyl (C=O) groups is 8. The van der Waals surface area contributed by atoms with E-state index in [2.05, 4.69) is 74.4 Å². The summed E-state index contributed by atoms with van der Waals surface area (Å²) in [5.74, 6) is -6.13. The van der Waals surface area contributed by atoms with Gasteiger partial charge in [0.05, 0.1) is 23.6 Å². The van der Waals surface area contributed by atoms with Crippen LogP contribution in [0.25, 0.3) is 0 Å². The van der Waals surface area contributed by atoms with E-state index < -0.39 is 160 Å². The van der Waals surface area contributed by atoms with Crippen LogP contribution >= 0.6 is 23.2 Å². The number of nitrogens with zero attached hydrogens (tertiary/aromatic N) is 6. The molecule has 12 rings (SSSR count). The molecule has 0 spiro atoms. The van der Waals surface area contributed by atoms with Crippen molar-refractivity contribution in [2.24, 2.45) is 22.7 Å². The molecular weight excluding hydrogens is 1490 g/mol. The molecule has 0 bridgehead atoms. The van der Waals surface area contributed by atoms with Crippen LogP contribution in [0.3, 0.4) is 0 Å². The fraction of sp³-hybridized carbons (Fsp3) is 0.556. The molecule has 2 aromatic carbocycles. The van der Waals surface area contributed by atoms with E-state index in [0.717, 1.165) is 38.5 Å². The van der Waals surface area contributed by atoms with E-state index in [9.17, 15) is 64.0 Å². The van der Waals surface area contributed by atoms with E-state index in [-0.39, 0.29) is 84.9 Å². The first-order valence-electron chi connectivity index (χ1n) is 36.0. The first-order valence-corrected chi connectivity index (χ1v) is 39.8. The number of ether oxygens (including phenoxy) is 4. The maximum Gasteiger partial charge on any atom is 0.408 e. The zero-order valence-corrected chi connectivity index (χ0v) is 63.7. The average Bonchev–Trinajstić information content (AvgIpc) is 1.58. The smallest absolute Gasteiger partial charge is 0.408 e. The fourth-order valence-electron chi connectivity index (χ4n) is 13.8. The predicted molar refractivity (Wildman–Crippen MR) is 391 cm³/mol. The number of amides is 8. The van der Waals surface area contributed by atoms with Crippen LogP contribution in [0.4, 0.5) is 41.5 Å². The first-order chi connectivity index (χ1) is 50.9. The summed E-state index contributed by atoms with van der Waals surface area (Å²) in [5.41, 5.74) is -3.93. The van der Waals surface area contributed by atoms with Gasteiger partial charge in [-0.25, -0.2) is 40.2 Å². The average molecular weight is 1580 g/mol. The second kappa shape index (κ2) is 32.3. The van der Waals surface area contributed by atoms with Crippen LogP contribution in [-0.2, 0) is 58.3 Å². The highest BCUT2D eigenvalue weighted by Gasteiger charge is 2.64. The summed E-state index contributed by atoms with van der Waals surface area (Å²) in [6, 6.07) is 9.11. The molecule has 36 heteroatoms. The number of anilines is 4. The molecule has 0 radical (unpaired) electrons. The van der Waals surface area contributed by atoms with Gasteiger partial charge in [-0.2, -0.15) is 15.0 Å². The van der Waals surface area contributed by atoms with Gasteiger partial charge in [-0.05, 0) is 161 Å². The number of halogens is 4. The Morgan fingerprint density at radius 1 is 0.556 bits per heavy atom. The van der Waals surface area contributed by atoms with Gasteiger partial charge in [0.25, 0.3) is 11.8 Å². The molecule has 6 aliphatic carbocycles. The summed E-state index contributed by atoms with van der Waals surface area (Å²) in [6.45, 7) is 17.8. The van der Waals surface area contributed by atoms with Gasteiger partial charge in [-0.1, -0.05) is 65.3 Å². The molecule has 8 amide bonds. The lowest BCUT2D eigenvalue weighted by Gasteiger charge is -2.35. The molecule has 8 aliphatic rings. The molecular formula is C72H90Cl2F2N14O16S2. The van der Waals surface area contributed by atoms with Crippen LogP contribution in [-0.4, -0.2) is 177 Å². The molecule has 8 fully saturated rings. The second-order valence-electron chi connectivity index (χ2n) is 30.8.